The fourth-order valence-electron chi connectivity index (χ4n) is 2.74. The van der Waals surface area contributed by atoms with Gasteiger partial charge in [0.15, 0.2) is 5.78 Å². The van der Waals surface area contributed by atoms with Gasteiger partial charge < -0.3 is 4.42 Å². The van der Waals surface area contributed by atoms with E-state index in [1.165, 1.54) is 0 Å². The highest BCUT2D eigenvalue weighted by atomic mass is 32.2. The number of hydrogen-bond acceptors (Lipinski definition) is 3. The lowest BCUT2D eigenvalue weighted by atomic mass is 9.91. The lowest BCUT2D eigenvalue weighted by Gasteiger charge is -2.22. The zero-order valence-electron chi connectivity index (χ0n) is 14.7. The Balaban J connectivity index is 1.85. The van der Waals surface area contributed by atoms with Crippen LogP contribution in [0, 0.1) is 12.8 Å². The summed E-state index contributed by atoms with van der Waals surface area (Å²) in [4.78, 5) is 13.5. The van der Waals surface area contributed by atoms with Crippen LogP contribution in [0.5, 0.6) is 0 Å². The average molecular weight is 367 g/mol. The number of hydrogen-bond donors (Lipinski definition) is 1. The predicted molar refractivity (Wildman–Crippen MR) is 102 cm³/mol. The van der Waals surface area contributed by atoms with Crippen LogP contribution in [0.4, 0.5) is 0 Å². The maximum absolute atomic E-state index is 12.9. The van der Waals surface area contributed by atoms with Gasteiger partial charge in [-0.3, -0.25) is 4.79 Å². The lowest BCUT2D eigenvalue weighted by molar-refractivity contribution is 0.0902. The first-order valence-electron chi connectivity index (χ1n) is 8.43. The zero-order valence-corrected chi connectivity index (χ0v) is 15.5. The topological polar surface area (TPSA) is 59.3 Å². The second-order valence-electron chi connectivity index (χ2n) is 6.21. The summed E-state index contributed by atoms with van der Waals surface area (Å²) in [5.74, 6) is 0.112. The van der Waals surface area contributed by atoms with Crippen LogP contribution in [-0.4, -0.2) is 9.99 Å². The molecule has 0 aliphatic carbocycles. The van der Waals surface area contributed by atoms with E-state index in [-0.39, 0.29) is 5.78 Å². The van der Waals surface area contributed by atoms with Crippen LogP contribution in [0.1, 0.15) is 34.6 Å². The summed E-state index contributed by atoms with van der Waals surface area (Å²) in [6.45, 7) is 3.80. The number of carbonyl (C=O) groups is 1. The molecule has 3 rings (SSSR count). The van der Waals surface area contributed by atoms with Gasteiger partial charge >= 0.3 is 0 Å². The molecule has 26 heavy (non-hydrogen) atoms. The van der Waals surface area contributed by atoms with Crippen molar-refractivity contribution in [1.29, 1.82) is 0 Å². The van der Waals surface area contributed by atoms with Crippen molar-refractivity contribution in [3.05, 3.63) is 89.9 Å². The van der Waals surface area contributed by atoms with Crippen molar-refractivity contribution in [3.8, 4) is 0 Å². The second kappa shape index (κ2) is 8.25. The Kier molecular flexibility index (Phi) is 5.81. The summed E-state index contributed by atoms with van der Waals surface area (Å²) in [6, 6.07) is 19.6. The van der Waals surface area contributed by atoms with Crippen LogP contribution in [0.3, 0.4) is 0 Å². The van der Waals surface area contributed by atoms with Gasteiger partial charge in [0.25, 0.3) is 0 Å². The molecule has 0 unspecified atom stereocenters. The molecule has 0 amide bonds. The number of Topliss-reactive ketones (excluding diaryl/α,β-unsaturated/α-hetero) is 1. The molecule has 134 valence electrons. The van der Waals surface area contributed by atoms with Gasteiger partial charge in [0.05, 0.1) is 17.2 Å². The molecule has 5 heteroatoms. The van der Waals surface area contributed by atoms with E-state index >= 15 is 0 Å². The van der Waals surface area contributed by atoms with Crippen molar-refractivity contribution in [2.24, 2.45) is 5.92 Å². The van der Waals surface area contributed by atoms with Crippen LogP contribution in [0.2, 0.25) is 0 Å². The monoisotopic (exact) mass is 367 g/mol. The Bertz CT molecular complexity index is 873. The Morgan fingerprint density at radius 1 is 1.00 bits per heavy atom. The first-order chi connectivity index (χ1) is 12.6. The quantitative estimate of drug-likeness (QED) is 0.627. The third kappa shape index (κ3) is 4.18. The highest BCUT2D eigenvalue weighted by Crippen LogP contribution is 2.27. The van der Waals surface area contributed by atoms with E-state index in [4.69, 9.17) is 4.42 Å². The second-order valence-corrected chi connectivity index (χ2v) is 7.46. The summed E-state index contributed by atoms with van der Waals surface area (Å²) in [5, 5.41) is 0. The van der Waals surface area contributed by atoms with Gasteiger partial charge in [-0.05, 0) is 31.2 Å². The van der Waals surface area contributed by atoms with Crippen molar-refractivity contribution in [3.63, 3.8) is 0 Å². The van der Waals surface area contributed by atoms with E-state index in [1.54, 1.807) is 30.5 Å². The van der Waals surface area contributed by atoms with Crippen molar-refractivity contribution in [2.45, 2.75) is 24.8 Å². The summed E-state index contributed by atoms with van der Waals surface area (Å²) in [6.07, 6.45) is 1.55. The first kappa shape index (κ1) is 18.3. The number of furan rings is 1. The van der Waals surface area contributed by atoms with Crippen molar-refractivity contribution in [2.75, 3.05) is 0 Å². The molecule has 0 bridgehead atoms. The number of carbonyl (C=O) groups excluding carboxylic acids is 1. The molecular weight excluding hydrogens is 346 g/mol. The average Bonchev–Trinajstić information content (AvgIpc) is 3.20. The molecule has 2 aromatic carbocycles. The molecule has 1 heterocycles. The minimum atomic E-state index is -1.46. The minimum absolute atomic E-state index is 0.0274. The van der Waals surface area contributed by atoms with Crippen molar-refractivity contribution in [1.82, 2.24) is 4.72 Å². The van der Waals surface area contributed by atoms with Crippen LogP contribution in [0.15, 0.2) is 82.3 Å². The summed E-state index contributed by atoms with van der Waals surface area (Å²) >= 11 is 0. The number of rotatable bonds is 7. The molecule has 4 nitrogen and oxygen atoms in total. The molecule has 0 fully saturated rings. The molecule has 3 aromatic rings. The Morgan fingerprint density at radius 2 is 1.69 bits per heavy atom. The van der Waals surface area contributed by atoms with Gasteiger partial charge in [-0.25, -0.2) is 8.93 Å². The van der Waals surface area contributed by atoms with Gasteiger partial charge in [-0.1, -0.05) is 55.0 Å². The molecule has 0 radical (unpaired) electrons. The van der Waals surface area contributed by atoms with Crippen molar-refractivity contribution >= 4 is 16.8 Å². The fraction of sp³-hybridized carbons (Fsp3) is 0.190. The molecule has 0 aliphatic heterocycles. The molecule has 3 atom stereocenters. The van der Waals surface area contributed by atoms with Gasteiger partial charge in [0.2, 0.25) is 0 Å². The maximum Gasteiger partial charge on any atom is 0.167 e. The van der Waals surface area contributed by atoms with Gasteiger partial charge in [-0.2, -0.15) is 0 Å². The summed E-state index contributed by atoms with van der Waals surface area (Å²) in [7, 11) is -1.46. The first-order valence-corrected chi connectivity index (χ1v) is 9.58. The number of benzene rings is 2. The third-order valence-electron chi connectivity index (χ3n) is 4.29. The SMILES string of the molecule is Cc1ccc([S@](=O)N[C@@H](c2ccco2)[C@@H](C)C(=O)c2ccccc2)cc1. The summed E-state index contributed by atoms with van der Waals surface area (Å²) in [5.41, 5.74) is 1.72. The predicted octanol–water partition coefficient (Wildman–Crippen LogP) is 4.46. The highest BCUT2D eigenvalue weighted by molar-refractivity contribution is 7.83. The molecule has 1 N–H and O–H groups in total. The molecular formula is C21H21NO3S. The lowest BCUT2D eigenvalue weighted by Crippen LogP contribution is -2.32. The fourth-order valence-corrected chi connectivity index (χ4v) is 3.81. The van der Waals surface area contributed by atoms with Crippen LogP contribution in [0.25, 0.3) is 0 Å². The standard InChI is InChI=1S/C21H21NO3S/c1-15-10-12-18(13-11-15)26(24)22-20(19-9-6-14-25-19)16(2)21(23)17-7-4-3-5-8-17/h3-14,16,20,22H,1-2H3/t16-,20-,26+/m1/s1. The molecule has 0 saturated carbocycles. The van der Waals surface area contributed by atoms with Gasteiger partial charge in [0, 0.05) is 11.5 Å². The van der Waals surface area contributed by atoms with Crippen LogP contribution in [-0.2, 0) is 11.0 Å². The molecule has 0 saturated heterocycles. The van der Waals surface area contributed by atoms with E-state index in [2.05, 4.69) is 4.72 Å². The van der Waals surface area contributed by atoms with E-state index in [9.17, 15) is 9.00 Å². The van der Waals surface area contributed by atoms with E-state index in [0.717, 1.165) is 5.56 Å². The van der Waals surface area contributed by atoms with Gasteiger partial charge in [-0.15, -0.1) is 0 Å². The van der Waals surface area contributed by atoms with E-state index < -0.39 is 22.9 Å². The Hall–Kier alpha value is -2.50. The smallest absolute Gasteiger partial charge is 0.167 e. The molecule has 0 aliphatic rings. The van der Waals surface area contributed by atoms with Crippen molar-refractivity contribution < 1.29 is 13.4 Å². The zero-order chi connectivity index (χ0) is 18.5. The molecule has 1 aromatic heterocycles. The van der Waals surface area contributed by atoms with Crippen LogP contribution >= 0.6 is 0 Å². The maximum atomic E-state index is 12.9. The van der Waals surface area contributed by atoms with Gasteiger partial charge in [0.1, 0.15) is 16.7 Å². The largest absolute Gasteiger partial charge is 0.468 e. The normalized spacial score (nSPS) is 14.5. The Labute approximate surface area is 155 Å². The number of aryl methyl sites for hydroxylation is 1. The third-order valence-corrected chi connectivity index (χ3v) is 5.46. The highest BCUT2D eigenvalue weighted by Gasteiger charge is 2.30. The van der Waals surface area contributed by atoms with E-state index in [0.29, 0.717) is 16.2 Å². The number of nitrogens with one attached hydrogen (secondary N) is 1. The molecule has 0 spiro atoms. The summed E-state index contributed by atoms with van der Waals surface area (Å²) < 4.78 is 21.3. The van der Waals surface area contributed by atoms with E-state index in [1.807, 2.05) is 56.3 Å². The van der Waals surface area contributed by atoms with Crippen LogP contribution < -0.4 is 4.72 Å². The minimum Gasteiger partial charge on any atom is -0.468 e. The Morgan fingerprint density at radius 3 is 2.31 bits per heavy atom. The number of ketones is 1.